The van der Waals surface area contributed by atoms with E-state index < -0.39 is 10.8 Å². The average molecular weight is 433 g/mol. The third-order valence-electron chi connectivity index (χ3n) is 4.96. The molecule has 0 bridgehead atoms. The van der Waals surface area contributed by atoms with Crippen LogP contribution in [-0.2, 0) is 27.9 Å². The van der Waals surface area contributed by atoms with Crippen LogP contribution in [0.5, 0.6) is 0 Å². The number of para-hydroxylation sites is 1. The molecule has 4 rings (SSSR count). The zero-order chi connectivity index (χ0) is 21.6. The van der Waals surface area contributed by atoms with Crippen LogP contribution in [0.2, 0.25) is 0 Å². The smallest absolute Gasteiger partial charge is 0.235 e. The maximum Gasteiger partial charge on any atom is 0.235 e. The molecule has 1 amide bonds. The topological polar surface area (TPSA) is 60.1 Å². The number of hydrogen-bond acceptors (Lipinski definition) is 3. The van der Waals surface area contributed by atoms with E-state index in [0.29, 0.717) is 6.54 Å². The van der Waals surface area contributed by atoms with E-state index in [1.807, 2.05) is 94.4 Å². The molecule has 0 aliphatic rings. The van der Waals surface area contributed by atoms with Crippen LogP contribution in [0, 0.1) is 0 Å². The van der Waals surface area contributed by atoms with Crippen LogP contribution in [0.25, 0.3) is 11.5 Å². The first-order valence-corrected chi connectivity index (χ1v) is 11.5. The number of amides is 1. The number of carbonyl (C=O) groups excluding carboxylic acids is 1. The minimum atomic E-state index is -1.35. The van der Waals surface area contributed by atoms with E-state index in [0.717, 1.165) is 22.6 Å². The van der Waals surface area contributed by atoms with E-state index >= 15 is 0 Å². The first-order chi connectivity index (χ1) is 15.1. The summed E-state index contributed by atoms with van der Waals surface area (Å²) >= 11 is 0. The van der Waals surface area contributed by atoms with Gasteiger partial charge in [0.2, 0.25) is 5.91 Å². The van der Waals surface area contributed by atoms with E-state index in [4.69, 9.17) is 0 Å². The molecule has 0 fully saturated rings. The Balaban J connectivity index is 1.49. The van der Waals surface area contributed by atoms with Gasteiger partial charge in [-0.15, -0.1) is 0 Å². The zero-order valence-electron chi connectivity index (χ0n) is 17.3. The lowest BCUT2D eigenvalue weighted by Crippen LogP contribution is -2.30. The fourth-order valence-electron chi connectivity index (χ4n) is 3.40. The molecule has 6 nitrogen and oxygen atoms in total. The van der Waals surface area contributed by atoms with E-state index in [1.54, 1.807) is 18.1 Å². The van der Waals surface area contributed by atoms with Crippen molar-refractivity contribution in [3.63, 3.8) is 0 Å². The maximum absolute atomic E-state index is 12.9. The fraction of sp³-hybridized carbons (Fsp3) is 0.167. The summed E-state index contributed by atoms with van der Waals surface area (Å²) in [6.45, 7) is 0.497. The van der Waals surface area contributed by atoms with Gasteiger partial charge in [0, 0.05) is 42.3 Å². The van der Waals surface area contributed by atoms with Crippen LogP contribution < -0.4 is 0 Å². The van der Waals surface area contributed by atoms with Crippen molar-refractivity contribution in [1.29, 1.82) is 0 Å². The summed E-state index contributed by atoms with van der Waals surface area (Å²) in [5, 5.41) is 4.53. The van der Waals surface area contributed by atoms with Crippen molar-refractivity contribution < 1.29 is 9.00 Å². The Kier molecular flexibility index (Phi) is 6.43. The monoisotopic (exact) mass is 432 g/mol. The summed E-state index contributed by atoms with van der Waals surface area (Å²) < 4.78 is 16.6. The van der Waals surface area contributed by atoms with Crippen LogP contribution in [-0.4, -0.2) is 42.2 Å². The molecule has 1 atom stereocenters. The van der Waals surface area contributed by atoms with Crippen molar-refractivity contribution >= 4 is 16.7 Å². The normalized spacial score (nSPS) is 11.9. The highest BCUT2D eigenvalue weighted by Gasteiger charge is 2.19. The molecule has 0 aliphatic heterocycles. The van der Waals surface area contributed by atoms with Gasteiger partial charge in [-0.3, -0.25) is 9.00 Å². The van der Waals surface area contributed by atoms with Crippen LogP contribution in [0.1, 0.15) is 11.1 Å². The van der Waals surface area contributed by atoms with Crippen molar-refractivity contribution in [2.45, 2.75) is 12.3 Å². The highest BCUT2D eigenvalue weighted by molar-refractivity contribution is 7.84. The minimum absolute atomic E-state index is 0.0228. The molecule has 2 aromatic heterocycles. The van der Waals surface area contributed by atoms with Crippen molar-refractivity contribution in [2.75, 3.05) is 12.8 Å². The lowest BCUT2D eigenvalue weighted by molar-refractivity contribution is -0.127. The Labute approximate surface area is 184 Å². The summed E-state index contributed by atoms with van der Waals surface area (Å²) in [4.78, 5) is 14.2. The first-order valence-electron chi connectivity index (χ1n) is 10.0. The molecule has 0 aliphatic carbocycles. The predicted molar refractivity (Wildman–Crippen MR) is 123 cm³/mol. The molecule has 0 saturated heterocycles. The standard InChI is InChI=1S/C24H24N4O2S/c1-26(17-20-10-4-2-5-11-20)23(29)19-31(30)18-21-16-25-28(22-12-6-3-7-13-22)24(21)27-14-8-9-15-27/h2-16H,17-19H2,1H3. The first kappa shape index (κ1) is 20.8. The Bertz CT molecular complexity index is 1160. The van der Waals surface area contributed by atoms with Crippen molar-refractivity contribution in [1.82, 2.24) is 19.2 Å². The highest BCUT2D eigenvalue weighted by Crippen LogP contribution is 2.21. The number of carbonyl (C=O) groups is 1. The van der Waals surface area contributed by atoms with Gasteiger partial charge in [0.25, 0.3) is 0 Å². The average Bonchev–Trinajstić information content (AvgIpc) is 3.44. The van der Waals surface area contributed by atoms with Crippen LogP contribution in [0.15, 0.2) is 91.4 Å². The molecule has 0 radical (unpaired) electrons. The van der Waals surface area contributed by atoms with Gasteiger partial charge >= 0.3 is 0 Å². The molecule has 0 saturated carbocycles. The van der Waals surface area contributed by atoms with Crippen LogP contribution in [0.3, 0.4) is 0 Å². The van der Waals surface area contributed by atoms with Gasteiger partial charge in [0.15, 0.2) is 0 Å². The van der Waals surface area contributed by atoms with Crippen molar-refractivity contribution in [2.24, 2.45) is 0 Å². The van der Waals surface area contributed by atoms with E-state index in [9.17, 15) is 9.00 Å². The fourth-order valence-corrected chi connectivity index (χ4v) is 4.55. The zero-order valence-corrected chi connectivity index (χ0v) is 18.1. The second-order valence-electron chi connectivity index (χ2n) is 7.29. The van der Waals surface area contributed by atoms with Crippen molar-refractivity contribution in [3.8, 4) is 11.5 Å². The second-order valence-corrected chi connectivity index (χ2v) is 8.75. The summed E-state index contributed by atoms with van der Waals surface area (Å²) in [5.41, 5.74) is 2.79. The predicted octanol–water partition coefficient (Wildman–Crippen LogP) is 3.57. The number of benzene rings is 2. The quantitative estimate of drug-likeness (QED) is 0.428. The largest absolute Gasteiger partial charge is 0.341 e. The molecule has 0 N–H and O–H groups in total. The molecule has 0 spiro atoms. The molecule has 2 aromatic carbocycles. The molecule has 158 valence electrons. The highest BCUT2D eigenvalue weighted by atomic mass is 32.2. The van der Waals surface area contributed by atoms with Crippen molar-refractivity contribution in [3.05, 3.63) is 103 Å². The number of aromatic nitrogens is 3. The van der Waals surface area contributed by atoms with Crippen LogP contribution in [0.4, 0.5) is 0 Å². The summed E-state index contributed by atoms with van der Waals surface area (Å²) in [6.07, 6.45) is 5.60. The van der Waals surface area contributed by atoms with Gasteiger partial charge in [0.1, 0.15) is 11.6 Å². The molecule has 4 aromatic rings. The second kappa shape index (κ2) is 9.57. The minimum Gasteiger partial charge on any atom is -0.341 e. The molecular weight excluding hydrogens is 408 g/mol. The molecule has 2 heterocycles. The van der Waals surface area contributed by atoms with Gasteiger partial charge in [-0.25, -0.2) is 4.68 Å². The third kappa shape index (κ3) is 5.00. The van der Waals surface area contributed by atoms with Gasteiger partial charge in [-0.2, -0.15) is 5.10 Å². The Morgan fingerprint density at radius 3 is 2.29 bits per heavy atom. The molecule has 7 heteroatoms. The molecular formula is C24H24N4O2S. The summed E-state index contributed by atoms with van der Waals surface area (Å²) in [7, 11) is 0.389. The SMILES string of the molecule is CN(Cc1ccccc1)C(=O)CS(=O)Cc1cnn(-c2ccccc2)c1-n1cccc1. The molecule has 1 unspecified atom stereocenters. The molecule has 31 heavy (non-hydrogen) atoms. The van der Waals surface area contributed by atoms with E-state index in [1.165, 1.54) is 0 Å². The lowest BCUT2D eigenvalue weighted by atomic mass is 10.2. The maximum atomic E-state index is 12.9. The van der Waals surface area contributed by atoms with Gasteiger partial charge in [-0.1, -0.05) is 48.5 Å². The summed E-state index contributed by atoms with van der Waals surface area (Å²) in [5.74, 6) is 0.922. The van der Waals surface area contributed by atoms with Gasteiger partial charge in [0.05, 0.1) is 17.6 Å². The Morgan fingerprint density at radius 2 is 1.61 bits per heavy atom. The van der Waals surface area contributed by atoms with Crippen LogP contribution >= 0.6 is 0 Å². The Hall–Kier alpha value is -3.45. The van der Waals surface area contributed by atoms with Gasteiger partial charge in [-0.05, 0) is 29.8 Å². The number of rotatable bonds is 8. The van der Waals surface area contributed by atoms with E-state index in [2.05, 4.69) is 5.10 Å². The number of hydrogen-bond donors (Lipinski definition) is 0. The summed E-state index contributed by atoms with van der Waals surface area (Å²) in [6, 6.07) is 23.5. The number of nitrogens with zero attached hydrogens (tertiary/aromatic N) is 4. The van der Waals surface area contributed by atoms with Gasteiger partial charge < -0.3 is 9.47 Å². The van der Waals surface area contributed by atoms with E-state index in [-0.39, 0.29) is 17.4 Å². The third-order valence-corrected chi connectivity index (χ3v) is 6.16. The lowest BCUT2D eigenvalue weighted by Gasteiger charge is -2.17. The Morgan fingerprint density at radius 1 is 0.968 bits per heavy atom.